The van der Waals surface area contributed by atoms with Gasteiger partial charge in [-0.15, -0.1) is 0 Å². The number of aromatic hydroxyl groups is 1. The van der Waals surface area contributed by atoms with E-state index in [1.54, 1.807) is 6.07 Å². The van der Waals surface area contributed by atoms with E-state index >= 15 is 0 Å². The molecule has 140 valence electrons. The molecule has 9 heteroatoms. The van der Waals surface area contributed by atoms with Gasteiger partial charge in [-0.2, -0.15) is 0 Å². The van der Waals surface area contributed by atoms with Crippen LogP contribution in [0.3, 0.4) is 0 Å². The molecule has 0 unspecified atom stereocenters. The van der Waals surface area contributed by atoms with Gasteiger partial charge in [0.05, 0.1) is 13.2 Å². The molecule has 1 aromatic carbocycles. The average molecular weight is 358 g/mol. The number of aromatic carboxylic acids is 1. The molecule has 1 saturated heterocycles. The SMILES string of the molecule is O=C(O)c1c(O)cccc1CCCO[C@@H]1O[C@H](CO)[C@@H](O)[C@H](O)[C@H]1O. The molecule has 1 heterocycles. The maximum atomic E-state index is 11.2. The van der Waals surface area contributed by atoms with E-state index in [1.165, 1.54) is 12.1 Å². The van der Waals surface area contributed by atoms with Crippen molar-refractivity contribution in [2.24, 2.45) is 0 Å². The zero-order valence-corrected chi connectivity index (χ0v) is 13.4. The smallest absolute Gasteiger partial charge is 0.339 e. The molecular weight excluding hydrogens is 336 g/mol. The van der Waals surface area contributed by atoms with Crippen LogP contribution in [0.15, 0.2) is 18.2 Å². The van der Waals surface area contributed by atoms with Crippen LogP contribution >= 0.6 is 0 Å². The topological polar surface area (TPSA) is 157 Å². The molecule has 6 N–H and O–H groups in total. The van der Waals surface area contributed by atoms with Crippen LogP contribution < -0.4 is 0 Å². The van der Waals surface area contributed by atoms with E-state index in [4.69, 9.17) is 19.7 Å². The maximum Gasteiger partial charge on any atom is 0.339 e. The molecule has 9 nitrogen and oxygen atoms in total. The van der Waals surface area contributed by atoms with Gasteiger partial charge in [-0.3, -0.25) is 0 Å². The van der Waals surface area contributed by atoms with Crippen molar-refractivity contribution in [3.05, 3.63) is 29.3 Å². The van der Waals surface area contributed by atoms with Crippen LogP contribution in [0.1, 0.15) is 22.3 Å². The molecule has 1 aliphatic rings. The highest BCUT2D eigenvalue weighted by Gasteiger charge is 2.43. The van der Waals surface area contributed by atoms with Gasteiger partial charge >= 0.3 is 5.97 Å². The summed E-state index contributed by atoms with van der Waals surface area (Å²) in [7, 11) is 0. The Morgan fingerprint density at radius 2 is 1.88 bits per heavy atom. The number of carboxylic acids is 1. The summed E-state index contributed by atoms with van der Waals surface area (Å²) < 4.78 is 10.5. The van der Waals surface area contributed by atoms with Gasteiger partial charge in [0.25, 0.3) is 0 Å². The number of aliphatic hydroxyl groups is 4. The van der Waals surface area contributed by atoms with Gasteiger partial charge in [-0.25, -0.2) is 4.79 Å². The molecule has 0 aliphatic carbocycles. The summed E-state index contributed by atoms with van der Waals surface area (Å²) in [6.45, 7) is -0.479. The molecule has 0 radical (unpaired) electrons. The summed E-state index contributed by atoms with van der Waals surface area (Å²) in [5.74, 6) is -1.55. The Balaban J connectivity index is 1.89. The average Bonchev–Trinajstić information content (AvgIpc) is 2.58. The Hall–Kier alpha value is -1.75. The maximum absolute atomic E-state index is 11.2. The summed E-state index contributed by atoms with van der Waals surface area (Å²) in [5, 5.41) is 57.0. The van der Waals surface area contributed by atoms with Gasteiger partial charge in [-0.1, -0.05) is 12.1 Å². The molecule has 0 saturated carbocycles. The van der Waals surface area contributed by atoms with Crippen molar-refractivity contribution >= 4 is 5.97 Å². The van der Waals surface area contributed by atoms with E-state index in [-0.39, 0.29) is 17.9 Å². The van der Waals surface area contributed by atoms with Crippen LogP contribution in [-0.2, 0) is 15.9 Å². The lowest BCUT2D eigenvalue weighted by molar-refractivity contribution is -0.301. The van der Waals surface area contributed by atoms with Crippen molar-refractivity contribution in [3.8, 4) is 5.75 Å². The van der Waals surface area contributed by atoms with Crippen molar-refractivity contribution in [2.45, 2.75) is 43.5 Å². The first-order valence-corrected chi connectivity index (χ1v) is 7.83. The van der Waals surface area contributed by atoms with E-state index in [1.807, 2.05) is 0 Å². The summed E-state index contributed by atoms with van der Waals surface area (Å²) in [6, 6.07) is 4.41. The first kappa shape index (κ1) is 19.6. The number of aliphatic hydroxyl groups excluding tert-OH is 4. The zero-order valence-electron chi connectivity index (χ0n) is 13.4. The van der Waals surface area contributed by atoms with Gasteiger partial charge in [-0.05, 0) is 24.5 Å². The van der Waals surface area contributed by atoms with Gasteiger partial charge in [0.1, 0.15) is 35.7 Å². The fourth-order valence-corrected chi connectivity index (χ4v) is 2.71. The minimum absolute atomic E-state index is 0.0669. The van der Waals surface area contributed by atoms with Crippen LogP contribution in [0.5, 0.6) is 5.75 Å². The first-order valence-electron chi connectivity index (χ1n) is 7.83. The number of aryl methyl sites for hydroxylation is 1. The standard InChI is InChI=1S/C16H22O9/c17-7-10-12(19)13(20)14(21)16(25-10)24-6-2-4-8-3-1-5-9(18)11(8)15(22)23/h1,3,5,10,12-14,16-21H,2,4,6-7H2,(H,22,23)/t10-,12-,13+,14-,16-/m1/s1. The minimum Gasteiger partial charge on any atom is -0.507 e. The molecule has 0 bridgehead atoms. The van der Waals surface area contributed by atoms with Crippen LogP contribution in [0.2, 0.25) is 0 Å². The molecule has 0 amide bonds. The molecule has 25 heavy (non-hydrogen) atoms. The van der Waals surface area contributed by atoms with E-state index < -0.39 is 43.3 Å². The number of carbonyl (C=O) groups is 1. The molecule has 0 aromatic heterocycles. The second-order valence-corrected chi connectivity index (χ2v) is 5.79. The number of hydrogen-bond acceptors (Lipinski definition) is 8. The molecule has 1 fully saturated rings. The summed E-state index contributed by atoms with van der Waals surface area (Å²) in [5.41, 5.74) is 0.264. The highest BCUT2D eigenvalue weighted by Crippen LogP contribution is 2.24. The van der Waals surface area contributed by atoms with Crippen LogP contribution in [-0.4, -0.2) is 80.5 Å². The second kappa shape index (κ2) is 8.56. The predicted molar refractivity (Wildman–Crippen MR) is 83.1 cm³/mol. The Morgan fingerprint density at radius 3 is 2.52 bits per heavy atom. The first-order chi connectivity index (χ1) is 11.9. The van der Waals surface area contributed by atoms with E-state index in [0.717, 1.165) is 0 Å². The van der Waals surface area contributed by atoms with Gasteiger partial charge < -0.3 is 40.1 Å². The number of carboxylic acid groups (broad SMARTS) is 1. The molecule has 2 rings (SSSR count). The van der Waals surface area contributed by atoms with Crippen molar-refractivity contribution < 1.29 is 44.9 Å². The minimum atomic E-state index is -1.51. The highest BCUT2D eigenvalue weighted by molar-refractivity contribution is 5.92. The lowest BCUT2D eigenvalue weighted by Crippen LogP contribution is -2.59. The number of ether oxygens (including phenoxy) is 2. The number of rotatable bonds is 7. The van der Waals surface area contributed by atoms with E-state index in [2.05, 4.69) is 0 Å². The van der Waals surface area contributed by atoms with Crippen molar-refractivity contribution in [1.29, 1.82) is 0 Å². The second-order valence-electron chi connectivity index (χ2n) is 5.79. The molecule has 5 atom stereocenters. The normalized spacial score (nSPS) is 29.5. The van der Waals surface area contributed by atoms with Gasteiger partial charge in [0, 0.05) is 0 Å². The Bertz CT molecular complexity index is 589. The third-order valence-corrected chi connectivity index (χ3v) is 4.06. The molecule has 1 aromatic rings. The monoisotopic (exact) mass is 358 g/mol. The van der Waals surface area contributed by atoms with Crippen molar-refractivity contribution in [1.82, 2.24) is 0 Å². The number of hydrogen-bond donors (Lipinski definition) is 6. The lowest BCUT2D eigenvalue weighted by atomic mass is 9.99. The predicted octanol–water partition coefficient (Wildman–Crippen LogP) is -1.16. The fourth-order valence-electron chi connectivity index (χ4n) is 2.71. The van der Waals surface area contributed by atoms with Crippen molar-refractivity contribution in [3.63, 3.8) is 0 Å². The summed E-state index contributed by atoms with van der Waals surface area (Å²) in [6.07, 6.45) is -6.06. The molecular formula is C16H22O9. The van der Waals surface area contributed by atoms with Gasteiger partial charge in [0.2, 0.25) is 0 Å². The fraction of sp³-hybridized carbons (Fsp3) is 0.562. The lowest BCUT2D eigenvalue weighted by Gasteiger charge is -2.39. The van der Waals surface area contributed by atoms with Crippen LogP contribution in [0.25, 0.3) is 0 Å². The summed E-state index contributed by atoms with van der Waals surface area (Å²) in [4.78, 5) is 11.2. The van der Waals surface area contributed by atoms with Crippen LogP contribution in [0, 0.1) is 0 Å². The Kier molecular flexibility index (Phi) is 6.71. The van der Waals surface area contributed by atoms with E-state index in [9.17, 15) is 25.2 Å². The van der Waals surface area contributed by atoms with Gasteiger partial charge in [0.15, 0.2) is 6.29 Å². The van der Waals surface area contributed by atoms with E-state index in [0.29, 0.717) is 18.4 Å². The highest BCUT2D eigenvalue weighted by atomic mass is 16.7. The number of benzene rings is 1. The largest absolute Gasteiger partial charge is 0.507 e. The quantitative estimate of drug-likeness (QED) is 0.331. The molecule has 0 spiro atoms. The Morgan fingerprint density at radius 1 is 1.16 bits per heavy atom. The summed E-state index contributed by atoms with van der Waals surface area (Å²) >= 11 is 0. The van der Waals surface area contributed by atoms with Crippen molar-refractivity contribution in [2.75, 3.05) is 13.2 Å². The third-order valence-electron chi connectivity index (χ3n) is 4.06. The zero-order chi connectivity index (χ0) is 18.6. The Labute approximate surface area is 143 Å². The molecule has 1 aliphatic heterocycles. The third kappa shape index (κ3) is 4.46. The van der Waals surface area contributed by atoms with Crippen LogP contribution in [0.4, 0.5) is 0 Å². The number of phenols is 1.